The normalized spacial score (nSPS) is 16.9. The number of hydrogen-bond donors (Lipinski definition) is 0. The summed E-state index contributed by atoms with van der Waals surface area (Å²) in [5.74, 6) is 0.818. The fourth-order valence-electron chi connectivity index (χ4n) is 1.90. The van der Waals surface area contributed by atoms with Crippen LogP contribution in [0.3, 0.4) is 0 Å². The molecular formula is C18H16O3. The van der Waals surface area contributed by atoms with Gasteiger partial charge in [-0.1, -0.05) is 48.5 Å². The van der Waals surface area contributed by atoms with E-state index in [0.29, 0.717) is 12.2 Å². The average molecular weight is 280 g/mol. The molecule has 0 unspecified atom stereocenters. The molecule has 1 saturated heterocycles. The Kier molecular flexibility index (Phi) is 4.12. The van der Waals surface area contributed by atoms with Crippen LogP contribution in [-0.4, -0.2) is 25.1 Å². The smallest absolute Gasteiger partial charge is 0.185 e. The first kappa shape index (κ1) is 13.6. The van der Waals surface area contributed by atoms with E-state index < -0.39 is 0 Å². The number of allylic oxidation sites excluding steroid dienone is 1. The lowest BCUT2D eigenvalue weighted by atomic mass is 10.1. The Morgan fingerprint density at radius 1 is 1.14 bits per heavy atom. The van der Waals surface area contributed by atoms with E-state index in [9.17, 15) is 4.79 Å². The van der Waals surface area contributed by atoms with Gasteiger partial charge in [0.05, 0.1) is 6.61 Å². The zero-order valence-corrected chi connectivity index (χ0v) is 11.6. The first-order valence-corrected chi connectivity index (χ1v) is 6.93. The van der Waals surface area contributed by atoms with Crippen LogP contribution in [0.25, 0.3) is 6.08 Å². The SMILES string of the molecule is O=C(/C=C\c1ccc(OC[C@@H]2CO2)cc1)c1ccccc1. The molecule has 0 radical (unpaired) electrons. The minimum absolute atomic E-state index is 0.00167. The molecule has 2 aromatic carbocycles. The van der Waals surface area contributed by atoms with E-state index in [1.165, 1.54) is 0 Å². The highest BCUT2D eigenvalue weighted by atomic mass is 16.6. The summed E-state index contributed by atoms with van der Waals surface area (Å²) in [5.41, 5.74) is 1.66. The summed E-state index contributed by atoms with van der Waals surface area (Å²) in [6.45, 7) is 1.39. The molecule has 1 aliphatic heterocycles. The van der Waals surface area contributed by atoms with Gasteiger partial charge in [-0.25, -0.2) is 0 Å². The molecule has 0 aliphatic carbocycles. The summed E-state index contributed by atoms with van der Waals surface area (Å²) in [4.78, 5) is 11.9. The van der Waals surface area contributed by atoms with Crippen LogP contribution in [0.15, 0.2) is 60.7 Å². The molecular weight excluding hydrogens is 264 g/mol. The van der Waals surface area contributed by atoms with Crippen molar-refractivity contribution in [3.05, 3.63) is 71.8 Å². The third kappa shape index (κ3) is 4.04. The zero-order chi connectivity index (χ0) is 14.5. The highest BCUT2D eigenvalue weighted by molar-refractivity contribution is 6.06. The van der Waals surface area contributed by atoms with E-state index in [4.69, 9.17) is 9.47 Å². The number of carbonyl (C=O) groups excluding carboxylic acids is 1. The number of ether oxygens (including phenoxy) is 2. The van der Waals surface area contributed by atoms with Gasteiger partial charge in [-0.15, -0.1) is 0 Å². The molecule has 1 fully saturated rings. The summed E-state index contributed by atoms with van der Waals surface area (Å²) in [6.07, 6.45) is 3.65. The van der Waals surface area contributed by atoms with E-state index >= 15 is 0 Å². The Hall–Kier alpha value is -2.39. The second kappa shape index (κ2) is 6.37. The Labute approximate surface area is 123 Å². The fraction of sp³-hybridized carbons (Fsp3) is 0.167. The van der Waals surface area contributed by atoms with Gasteiger partial charge < -0.3 is 9.47 Å². The van der Waals surface area contributed by atoms with Crippen molar-refractivity contribution in [2.75, 3.05) is 13.2 Å². The molecule has 1 aliphatic rings. The quantitative estimate of drug-likeness (QED) is 0.462. The summed E-state index contributed by atoms with van der Waals surface area (Å²) < 4.78 is 10.7. The summed E-state index contributed by atoms with van der Waals surface area (Å²) in [6, 6.07) is 16.9. The van der Waals surface area contributed by atoms with Crippen molar-refractivity contribution in [1.29, 1.82) is 0 Å². The molecule has 0 bridgehead atoms. The lowest BCUT2D eigenvalue weighted by Gasteiger charge is -2.03. The molecule has 0 aromatic heterocycles. The van der Waals surface area contributed by atoms with Crippen LogP contribution in [0.4, 0.5) is 0 Å². The van der Waals surface area contributed by atoms with Gasteiger partial charge in [0, 0.05) is 5.56 Å². The number of ketones is 1. The maximum absolute atomic E-state index is 11.9. The van der Waals surface area contributed by atoms with Crippen LogP contribution in [0.1, 0.15) is 15.9 Å². The molecule has 1 heterocycles. The predicted molar refractivity (Wildman–Crippen MR) is 81.5 cm³/mol. The van der Waals surface area contributed by atoms with Gasteiger partial charge in [-0.3, -0.25) is 4.79 Å². The molecule has 1 atom stereocenters. The van der Waals surface area contributed by atoms with Gasteiger partial charge in [0.15, 0.2) is 5.78 Å². The molecule has 2 aromatic rings. The van der Waals surface area contributed by atoms with E-state index in [1.54, 1.807) is 6.08 Å². The van der Waals surface area contributed by atoms with Crippen molar-refractivity contribution in [3.63, 3.8) is 0 Å². The van der Waals surface area contributed by atoms with E-state index in [-0.39, 0.29) is 11.9 Å². The zero-order valence-electron chi connectivity index (χ0n) is 11.6. The molecule has 0 saturated carbocycles. The van der Waals surface area contributed by atoms with E-state index in [1.807, 2.05) is 60.7 Å². The largest absolute Gasteiger partial charge is 0.491 e. The third-order valence-corrected chi connectivity index (χ3v) is 3.20. The second-order valence-corrected chi connectivity index (χ2v) is 4.90. The van der Waals surface area contributed by atoms with Crippen LogP contribution in [0.2, 0.25) is 0 Å². The van der Waals surface area contributed by atoms with Gasteiger partial charge in [-0.05, 0) is 23.8 Å². The Morgan fingerprint density at radius 2 is 1.86 bits per heavy atom. The average Bonchev–Trinajstić information content (AvgIpc) is 3.37. The van der Waals surface area contributed by atoms with Crippen molar-refractivity contribution in [3.8, 4) is 5.75 Å². The van der Waals surface area contributed by atoms with Gasteiger partial charge in [0.25, 0.3) is 0 Å². The molecule has 106 valence electrons. The van der Waals surface area contributed by atoms with Crippen LogP contribution in [-0.2, 0) is 4.74 Å². The second-order valence-electron chi connectivity index (χ2n) is 4.90. The number of benzene rings is 2. The standard InChI is InChI=1S/C18H16O3/c19-18(15-4-2-1-3-5-15)11-8-14-6-9-16(10-7-14)20-12-17-13-21-17/h1-11,17H,12-13H2/b11-8-/t17-/m1/s1. The predicted octanol–water partition coefficient (Wildman–Crippen LogP) is 3.36. The molecule has 3 heteroatoms. The van der Waals surface area contributed by atoms with Crippen molar-refractivity contribution in [2.24, 2.45) is 0 Å². The lowest BCUT2D eigenvalue weighted by Crippen LogP contribution is -2.03. The maximum atomic E-state index is 11.9. The van der Waals surface area contributed by atoms with Crippen molar-refractivity contribution in [2.45, 2.75) is 6.10 Å². The first-order chi connectivity index (χ1) is 10.3. The Balaban J connectivity index is 1.59. The van der Waals surface area contributed by atoms with Gasteiger partial charge >= 0.3 is 0 Å². The lowest BCUT2D eigenvalue weighted by molar-refractivity contribution is 0.104. The van der Waals surface area contributed by atoms with Crippen LogP contribution < -0.4 is 4.74 Å². The van der Waals surface area contributed by atoms with Gasteiger partial charge in [0.1, 0.15) is 18.5 Å². The summed E-state index contributed by atoms with van der Waals surface area (Å²) >= 11 is 0. The Bertz CT molecular complexity index is 625. The number of rotatable bonds is 6. The number of hydrogen-bond acceptors (Lipinski definition) is 3. The topological polar surface area (TPSA) is 38.8 Å². The molecule has 21 heavy (non-hydrogen) atoms. The third-order valence-electron chi connectivity index (χ3n) is 3.20. The number of epoxide rings is 1. The van der Waals surface area contributed by atoms with Gasteiger partial charge in [0.2, 0.25) is 0 Å². The minimum atomic E-state index is 0.00167. The van der Waals surface area contributed by atoms with Crippen LogP contribution in [0, 0.1) is 0 Å². The fourth-order valence-corrected chi connectivity index (χ4v) is 1.90. The molecule has 0 amide bonds. The molecule has 0 N–H and O–H groups in total. The van der Waals surface area contributed by atoms with Crippen molar-refractivity contribution in [1.82, 2.24) is 0 Å². The number of carbonyl (C=O) groups is 1. The molecule has 3 rings (SSSR count). The monoisotopic (exact) mass is 280 g/mol. The van der Waals surface area contributed by atoms with Gasteiger partial charge in [-0.2, -0.15) is 0 Å². The Morgan fingerprint density at radius 3 is 2.52 bits per heavy atom. The van der Waals surface area contributed by atoms with Crippen molar-refractivity contribution < 1.29 is 14.3 Å². The summed E-state index contributed by atoms with van der Waals surface area (Å²) in [7, 11) is 0. The van der Waals surface area contributed by atoms with Crippen LogP contribution in [0.5, 0.6) is 5.75 Å². The molecule has 3 nitrogen and oxygen atoms in total. The summed E-state index contributed by atoms with van der Waals surface area (Å²) in [5, 5.41) is 0. The highest BCUT2D eigenvalue weighted by Crippen LogP contribution is 2.16. The van der Waals surface area contributed by atoms with Crippen molar-refractivity contribution >= 4 is 11.9 Å². The molecule has 0 spiro atoms. The van der Waals surface area contributed by atoms with E-state index in [2.05, 4.69) is 0 Å². The maximum Gasteiger partial charge on any atom is 0.185 e. The first-order valence-electron chi connectivity index (χ1n) is 6.93. The van der Waals surface area contributed by atoms with Crippen LogP contribution >= 0.6 is 0 Å². The van der Waals surface area contributed by atoms with E-state index in [0.717, 1.165) is 17.9 Å². The minimum Gasteiger partial charge on any atom is -0.491 e. The highest BCUT2D eigenvalue weighted by Gasteiger charge is 2.22.